The molecule has 1 fully saturated rings. The fourth-order valence-corrected chi connectivity index (χ4v) is 2.86. The zero-order valence-electron chi connectivity index (χ0n) is 10.7. The van der Waals surface area contributed by atoms with Gasteiger partial charge in [0.1, 0.15) is 5.15 Å². The molecule has 0 amide bonds. The van der Waals surface area contributed by atoms with Crippen molar-refractivity contribution in [2.75, 3.05) is 26.8 Å². The molecule has 2 rings (SSSR count). The summed E-state index contributed by atoms with van der Waals surface area (Å²) in [5.74, 6) is 0. The lowest BCUT2D eigenvalue weighted by molar-refractivity contribution is 0.150. The van der Waals surface area contributed by atoms with Gasteiger partial charge in [0.15, 0.2) is 0 Å². The second kappa shape index (κ2) is 4.96. The van der Waals surface area contributed by atoms with Crippen LogP contribution in [0.25, 0.3) is 0 Å². The Labute approximate surface area is 107 Å². The first kappa shape index (κ1) is 12.9. The number of hydrogen-bond donors (Lipinski definition) is 1. The van der Waals surface area contributed by atoms with Crippen LogP contribution in [0.1, 0.15) is 17.7 Å². The number of nitrogens with zero attached hydrogens (tertiary/aromatic N) is 2. The maximum atomic E-state index is 6.29. The van der Waals surface area contributed by atoms with Gasteiger partial charge in [-0.2, -0.15) is 5.10 Å². The van der Waals surface area contributed by atoms with Crippen molar-refractivity contribution in [2.24, 2.45) is 12.5 Å². The molecule has 0 aliphatic carbocycles. The highest BCUT2D eigenvalue weighted by molar-refractivity contribution is 6.30. The summed E-state index contributed by atoms with van der Waals surface area (Å²) in [4.78, 5) is 0. The maximum absolute atomic E-state index is 6.29. The topological polar surface area (TPSA) is 39.1 Å². The maximum Gasteiger partial charge on any atom is 0.130 e. The lowest BCUT2D eigenvalue weighted by atomic mass is 9.81. The normalized spacial score (nSPS) is 24.5. The third-order valence-electron chi connectivity index (χ3n) is 3.56. The SMILES string of the molecule is CNCC1(Cc2c(C)nn(C)c2Cl)CCOC1. The molecular weight excluding hydrogens is 238 g/mol. The van der Waals surface area contributed by atoms with Crippen LogP contribution < -0.4 is 5.32 Å². The highest BCUT2D eigenvalue weighted by Crippen LogP contribution is 2.35. The van der Waals surface area contributed by atoms with Crippen LogP contribution in [0.2, 0.25) is 5.15 Å². The molecule has 0 aromatic carbocycles. The molecule has 4 nitrogen and oxygen atoms in total. The molecule has 1 saturated heterocycles. The minimum Gasteiger partial charge on any atom is -0.381 e. The van der Waals surface area contributed by atoms with Gasteiger partial charge in [0, 0.05) is 31.2 Å². The van der Waals surface area contributed by atoms with Gasteiger partial charge in [-0.3, -0.25) is 4.68 Å². The van der Waals surface area contributed by atoms with Crippen LogP contribution in [0.5, 0.6) is 0 Å². The number of ether oxygens (including phenoxy) is 1. The molecule has 1 atom stereocenters. The van der Waals surface area contributed by atoms with E-state index in [4.69, 9.17) is 16.3 Å². The average molecular weight is 258 g/mol. The number of nitrogens with one attached hydrogen (secondary N) is 1. The van der Waals surface area contributed by atoms with Crippen molar-refractivity contribution in [2.45, 2.75) is 19.8 Å². The monoisotopic (exact) mass is 257 g/mol. The Hall–Kier alpha value is -0.580. The Morgan fingerprint density at radius 1 is 1.59 bits per heavy atom. The first-order chi connectivity index (χ1) is 8.08. The van der Waals surface area contributed by atoms with Gasteiger partial charge in [-0.05, 0) is 26.8 Å². The quantitative estimate of drug-likeness (QED) is 0.890. The number of rotatable bonds is 4. The Balaban J connectivity index is 2.23. The minimum atomic E-state index is 0.173. The van der Waals surface area contributed by atoms with Crippen molar-refractivity contribution in [1.82, 2.24) is 15.1 Å². The Morgan fingerprint density at radius 2 is 2.35 bits per heavy atom. The van der Waals surface area contributed by atoms with E-state index in [-0.39, 0.29) is 5.41 Å². The Kier molecular flexibility index (Phi) is 3.76. The van der Waals surface area contributed by atoms with Gasteiger partial charge in [0.05, 0.1) is 12.3 Å². The zero-order chi connectivity index (χ0) is 12.5. The third-order valence-corrected chi connectivity index (χ3v) is 4.03. The average Bonchev–Trinajstić information content (AvgIpc) is 2.82. The van der Waals surface area contributed by atoms with Crippen molar-refractivity contribution < 1.29 is 4.74 Å². The van der Waals surface area contributed by atoms with E-state index in [9.17, 15) is 0 Å². The summed E-state index contributed by atoms with van der Waals surface area (Å²) in [5, 5.41) is 8.39. The molecule has 0 bridgehead atoms. The van der Waals surface area contributed by atoms with E-state index in [0.717, 1.165) is 49.0 Å². The van der Waals surface area contributed by atoms with E-state index >= 15 is 0 Å². The molecular formula is C12H20ClN3O. The highest BCUT2D eigenvalue weighted by atomic mass is 35.5. The number of aromatic nitrogens is 2. The van der Waals surface area contributed by atoms with Crippen molar-refractivity contribution in [3.8, 4) is 0 Å². The molecule has 0 radical (unpaired) electrons. The molecule has 5 heteroatoms. The van der Waals surface area contributed by atoms with E-state index < -0.39 is 0 Å². The van der Waals surface area contributed by atoms with E-state index in [1.807, 2.05) is 21.0 Å². The van der Waals surface area contributed by atoms with Crippen LogP contribution in [-0.4, -0.2) is 36.6 Å². The Bertz CT molecular complexity index is 397. The molecule has 1 aromatic rings. The van der Waals surface area contributed by atoms with Crippen molar-refractivity contribution in [3.05, 3.63) is 16.4 Å². The van der Waals surface area contributed by atoms with E-state index in [1.165, 1.54) is 0 Å². The summed E-state index contributed by atoms with van der Waals surface area (Å²) < 4.78 is 7.31. The predicted molar refractivity (Wildman–Crippen MR) is 68.5 cm³/mol. The van der Waals surface area contributed by atoms with Gasteiger partial charge in [0.2, 0.25) is 0 Å². The van der Waals surface area contributed by atoms with Gasteiger partial charge < -0.3 is 10.1 Å². The fourth-order valence-electron chi connectivity index (χ4n) is 2.62. The van der Waals surface area contributed by atoms with E-state index in [2.05, 4.69) is 10.4 Å². The first-order valence-electron chi connectivity index (χ1n) is 5.98. The zero-order valence-corrected chi connectivity index (χ0v) is 11.5. The van der Waals surface area contributed by atoms with E-state index in [0.29, 0.717) is 0 Å². The van der Waals surface area contributed by atoms with Crippen LogP contribution in [-0.2, 0) is 18.2 Å². The summed E-state index contributed by atoms with van der Waals surface area (Å²) in [7, 11) is 3.87. The predicted octanol–water partition coefficient (Wildman–Crippen LogP) is 1.55. The highest BCUT2D eigenvalue weighted by Gasteiger charge is 2.36. The second-order valence-corrected chi connectivity index (χ2v) is 5.35. The molecule has 0 saturated carbocycles. The first-order valence-corrected chi connectivity index (χ1v) is 6.36. The van der Waals surface area contributed by atoms with Crippen LogP contribution in [0, 0.1) is 12.3 Å². The van der Waals surface area contributed by atoms with Crippen molar-refractivity contribution in [1.29, 1.82) is 0 Å². The molecule has 1 unspecified atom stereocenters. The van der Waals surface area contributed by atoms with Gasteiger partial charge in [0.25, 0.3) is 0 Å². The molecule has 96 valence electrons. The number of hydrogen-bond acceptors (Lipinski definition) is 3. The minimum absolute atomic E-state index is 0.173. The number of aryl methyl sites for hydroxylation is 2. The fraction of sp³-hybridized carbons (Fsp3) is 0.750. The summed E-state index contributed by atoms with van der Waals surface area (Å²) >= 11 is 6.29. The number of halogens is 1. The van der Waals surface area contributed by atoms with Crippen molar-refractivity contribution >= 4 is 11.6 Å². The lowest BCUT2D eigenvalue weighted by Crippen LogP contribution is -2.35. The molecule has 17 heavy (non-hydrogen) atoms. The third kappa shape index (κ3) is 2.49. The standard InChI is InChI=1S/C12H20ClN3O/c1-9-10(11(13)16(3)15-9)6-12(7-14-2)4-5-17-8-12/h14H,4-8H2,1-3H3. The van der Waals surface area contributed by atoms with Gasteiger partial charge in [-0.1, -0.05) is 11.6 Å². The van der Waals surface area contributed by atoms with Gasteiger partial charge >= 0.3 is 0 Å². The summed E-state index contributed by atoms with van der Waals surface area (Å²) in [6, 6.07) is 0. The lowest BCUT2D eigenvalue weighted by Gasteiger charge is -2.27. The van der Waals surface area contributed by atoms with Crippen molar-refractivity contribution in [3.63, 3.8) is 0 Å². The van der Waals surface area contributed by atoms with Crippen LogP contribution in [0.3, 0.4) is 0 Å². The second-order valence-electron chi connectivity index (χ2n) is 4.99. The smallest absolute Gasteiger partial charge is 0.130 e. The summed E-state index contributed by atoms with van der Waals surface area (Å²) in [6.45, 7) is 4.62. The summed E-state index contributed by atoms with van der Waals surface area (Å²) in [5.41, 5.74) is 2.36. The summed E-state index contributed by atoms with van der Waals surface area (Å²) in [6.07, 6.45) is 2.02. The molecule has 1 N–H and O–H groups in total. The molecule has 0 spiro atoms. The van der Waals surface area contributed by atoms with Crippen LogP contribution in [0.4, 0.5) is 0 Å². The molecule has 1 aromatic heterocycles. The molecule has 2 heterocycles. The molecule has 1 aliphatic heterocycles. The van der Waals surface area contributed by atoms with Crippen LogP contribution in [0.15, 0.2) is 0 Å². The van der Waals surface area contributed by atoms with Gasteiger partial charge in [-0.15, -0.1) is 0 Å². The van der Waals surface area contributed by atoms with Crippen LogP contribution >= 0.6 is 11.6 Å². The Morgan fingerprint density at radius 3 is 2.82 bits per heavy atom. The van der Waals surface area contributed by atoms with Gasteiger partial charge in [-0.25, -0.2) is 0 Å². The van der Waals surface area contributed by atoms with E-state index in [1.54, 1.807) is 4.68 Å². The largest absolute Gasteiger partial charge is 0.381 e. The molecule has 1 aliphatic rings.